The molecule has 0 amide bonds. The van der Waals surface area contributed by atoms with Crippen LogP contribution in [0.2, 0.25) is 0 Å². The maximum Gasteiger partial charge on any atom is 0.0806 e. The SMILES string of the molecule is CC(C)COC1(CNC(C)C)CCCC1. The van der Waals surface area contributed by atoms with Crippen LogP contribution in [0.5, 0.6) is 0 Å². The molecule has 0 spiro atoms. The summed E-state index contributed by atoms with van der Waals surface area (Å²) in [6, 6.07) is 0.560. The van der Waals surface area contributed by atoms with Crippen molar-refractivity contribution in [2.75, 3.05) is 13.2 Å². The minimum Gasteiger partial charge on any atom is -0.373 e. The number of hydrogen-bond donors (Lipinski definition) is 1. The van der Waals surface area contributed by atoms with Gasteiger partial charge in [-0.3, -0.25) is 0 Å². The van der Waals surface area contributed by atoms with Gasteiger partial charge in [-0.1, -0.05) is 40.5 Å². The van der Waals surface area contributed by atoms with Crippen molar-refractivity contribution in [3.63, 3.8) is 0 Å². The van der Waals surface area contributed by atoms with Gasteiger partial charge in [0.25, 0.3) is 0 Å². The molecule has 1 aliphatic rings. The molecule has 1 rings (SSSR count). The van der Waals surface area contributed by atoms with E-state index in [1.165, 1.54) is 25.7 Å². The first kappa shape index (κ1) is 13.0. The first-order valence-corrected chi connectivity index (χ1v) is 6.41. The van der Waals surface area contributed by atoms with E-state index in [9.17, 15) is 0 Å². The summed E-state index contributed by atoms with van der Waals surface area (Å²) in [5.41, 5.74) is 0.147. The highest BCUT2D eigenvalue weighted by Crippen LogP contribution is 2.33. The van der Waals surface area contributed by atoms with Gasteiger partial charge in [-0.2, -0.15) is 0 Å². The van der Waals surface area contributed by atoms with Crippen molar-refractivity contribution in [2.24, 2.45) is 5.92 Å². The van der Waals surface area contributed by atoms with Gasteiger partial charge < -0.3 is 10.1 Å². The molecule has 1 saturated carbocycles. The lowest BCUT2D eigenvalue weighted by Crippen LogP contribution is -2.43. The zero-order valence-electron chi connectivity index (χ0n) is 10.8. The van der Waals surface area contributed by atoms with E-state index in [4.69, 9.17) is 4.74 Å². The zero-order chi connectivity index (χ0) is 11.3. The maximum absolute atomic E-state index is 6.14. The molecule has 2 nitrogen and oxygen atoms in total. The van der Waals surface area contributed by atoms with Crippen molar-refractivity contribution < 1.29 is 4.74 Å². The zero-order valence-corrected chi connectivity index (χ0v) is 10.8. The highest BCUT2D eigenvalue weighted by Gasteiger charge is 2.34. The van der Waals surface area contributed by atoms with Gasteiger partial charge in [0.1, 0.15) is 0 Å². The molecule has 0 unspecified atom stereocenters. The first-order valence-electron chi connectivity index (χ1n) is 6.41. The smallest absolute Gasteiger partial charge is 0.0806 e. The molecule has 90 valence electrons. The number of ether oxygens (including phenoxy) is 1. The molecular weight excluding hydrogens is 186 g/mol. The van der Waals surface area contributed by atoms with Crippen LogP contribution in [-0.4, -0.2) is 24.8 Å². The number of rotatable bonds is 6. The van der Waals surface area contributed by atoms with Gasteiger partial charge >= 0.3 is 0 Å². The molecule has 0 heterocycles. The quantitative estimate of drug-likeness (QED) is 0.732. The molecule has 0 bridgehead atoms. The lowest BCUT2D eigenvalue weighted by molar-refractivity contribution is -0.0517. The fraction of sp³-hybridized carbons (Fsp3) is 1.00. The molecule has 0 saturated heterocycles. The van der Waals surface area contributed by atoms with Crippen molar-refractivity contribution >= 4 is 0 Å². The van der Waals surface area contributed by atoms with E-state index in [2.05, 4.69) is 33.0 Å². The van der Waals surface area contributed by atoms with Crippen LogP contribution in [0.15, 0.2) is 0 Å². The van der Waals surface area contributed by atoms with Crippen LogP contribution in [-0.2, 0) is 4.74 Å². The second-order valence-corrected chi connectivity index (χ2v) is 5.63. The normalized spacial score (nSPS) is 20.4. The Hall–Kier alpha value is -0.0800. The number of hydrogen-bond acceptors (Lipinski definition) is 2. The van der Waals surface area contributed by atoms with Gasteiger partial charge in [-0.05, 0) is 18.8 Å². The van der Waals surface area contributed by atoms with Gasteiger partial charge in [0, 0.05) is 19.2 Å². The van der Waals surface area contributed by atoms with Crippen molar-refractivity contribution in [2.45, 2.75) is 65.0 Å². The summed E-state index contributed by atoms with van der Waals surface area (Å²) >= 11 is 0. The minimum atomic E-state index is 0.147. The van der Waals surface area contributed by atoms with Gasteiger partial charge in [0.05, 0.1) is 5.60 Å². The molecule has 0 aromatic heterocycles. The second-order valence-electron chi connectivity index (χ2n) is 5.63. The van der Waals surface area contributed by atoms with Gasteiger partial charge in [0.15, 0.2) is 0 Å². The lowest BCUT2D eigenvalue weighted by atomic mass is 10.0. The van der Waals surface area contributed by atoms with Crippen molar-refractivity contribution in [3.8, 4) is 0 Å². The second kappa shape index (κ2) is 5.86. The summed E-state index contributed by atoms with van der Waals surface area (Å²) in [5, 5.41) is 3.53. The first-order chi connectivity index (χ1) is 7.04. The lowest BCUT2D eigenvalue weighted by Gasteiger charge is -2.31. The summed E-state index contributed by atoms with van der Waals surface area (Å²) in [4.78, 5) is 0. The predicted molar refractivity (Wildman–Crippen MR) is 65.1 cm³/mol. The third kappa shape index (κ3) is 4.52. The molecule has 0 aromatic rings. The summed E-state index contributed by atoms with van der Waals surface area (Å²) in [7, 11) is 0. The topological polar surface area (TPSA) is 21.3 Å². The van der Waals surface area contributed by atoms with E-state index in [1.54, 1.807) is 0 Å². The molecule has 1 aliphatic carbocycles. The average molecular weight is 213 g/mol. The fourth-order valence-corrected chi connectivity index (χ4v) is 2.13. The molecule has 0 atom stereocenters. The summed E-state index contributed by atoms with van der Waals surface area (Å²) in [6.07, 6.45) is 5.13. The van der Waals surface area contributed by atoms with Crippen LogP contribution in [0, 0.1) is 5.92 Å². The average Bonchev–Trinajstić information content (AvgIpc) is 2.61. The van der Waals surface area contributed by atoms with E-state index in [0.29, 0.717) is 12.0 Å². The maximum atomic E-state index is 6.14. The molecule has 1 fully saturated rings. The van der Waals surface area contributed by atoms with E-state index in [0.717, 1.165) is 13.2 Å². The monoisotopic (exact) mass is 213 g/mol. The van der Waals surface area contributed by atoms with Gasteiger partial charge in [-0.25, -0.2) is 0 Å². The van der Waals surface area contributed by atoms with E-state index in [1.807, 2.05) is 0 Å². The van der Waals surface area contributed by atoms with Crippen LogP contribution in [0.4, 0.5) is 0 Å². The Kier molecular flexibility index (Phi) is 5.07. The van der Waals surface area contributed by atoms with Crippen LogP contribution < -0.4 is 5.32 Å². The van der Waals surface area contributed by atoms with Crippen LogP contribution in [0.3, 0.4) is 0 Å². The summed E-state index contributed by atoms with van der Waals surface area (Å²) in [6.45, 7) is 10.8. The Balaban J connectivity index is 2.39. The summed E-state index contributed by atoms with van der Waals surface area (Å²) < 4.78 is 6.14. The Morgan fingerprint density at radius 1 is 1.13 bits per heavy atom. The predicted octanol–water partition coefficient (Wildman–Crippen LogP) is 2.97. The minimum absolute atomic E-state index is 0.147. The van der Waals surface area contributed by atoms with Crippen molar-refractivity contribution in [3.05, 3.63) is 0 Å². The molecule has 15 heavy (non-hydrogen) atoms. The van der Waals surface area contributed by atoms with Crippen molar-refractivity contribution in [1.82, 2.24) is 5.32 Å². The fourth-order valence-electron chi connectivity index (χ4n) is 2.13. The summed E-state index contributed by atoms with van der Waals surface area (Å²) in [5.74, 6) is 0.640. The third-order valence-corrected chi connectivity index (χ3v) is 3.07. The molecule has 0 aromatic carbocycles. The third-order valence-electron chi connectivity index (χ3n) is 3.07. The van der Waals surface area contributed by atoms with Crippen LogP contribution in [0.25, 0.3) is 0 Å². The molecule has 2 heteroatoms. The molecule has 0 radical (unpaired) electrons. The standard InChI is InChI=1S/C13H27NO/c1-11(2)9-15-13(7-5-6-8-13)10-14-12(3)4/h11-12,14H,5-10H2,1-4H3. The highest BCUT2D eigenvalue weighted by molar-refractivity contribution is 4.89. The molecular formula is C13H27NO. The van der Waals surface area contributed by atoms with Crippen molar-refractivity contribution in [1.29, 1.82) is 0 Å². The Morgan fingerprint density at radius 2 is 1.73 bits per heavy atom. The molecule has 1 N–H and O–H groups in total. The van der Waals surface area contributed by atoms with E-state index in [-0.39, 0.29) is 5.60 Å². The van der Waals surface area contributed by atoms with Crippen LogP contribution in [0.1, 0.15) is 53.4 Å². The van der Waals surface area contributed by atoms with Gasteiger partial charge in [-0.15, -0.1) is 0 Å². The van der Waals surface area contributed by atoms with E-state index < -0.39 is 0 Å². The van der Waals surface area contributed by atoms with Gasteiger partial charge in [0.2, 0.25) is 0 Å². The highest BCUT2D eigenvalue weighted by atomic mass is 16.5. The molecule has 0 aliphatic heterocycles. The Labute approximate surface area is 94.8 Å². The van der Waals surface area contributed by atoms with Crippen LogP contribution >= 0.6 is 0 Å². The van der Waals surface area contributed by atoms with E-state index >= 15 is 0 Å². The largest absolute Gasteiger partial charge is 0.373 e. The number of nitrogens with one attached hydrogen (secondary N) is 1. The Bertz CT molecular complexity index is 157. The Morgan fingerprint density at radius 3 is 2.20 bits per heavy atom.